The molecule has 0 atom stereocenters. The summed E-state index contributed by atoms with van der Waals surface area (Å²) in [6.45, 7) is 0. The highest BCUT2D eigenvalue weighted by Gasteiger charge is 2.11. The van der Waals surface area contributed by atoms with E-state index >= 15 is 0 Å². The van der Waals surface area contributed by atoms with Crippen LogP contribution in [0.2, 0.25) is 5.02 Å². The van der Waals surface area contributed by atoms with Crippen LogP contribution in [0.5, 0.6) is 0 Å². The van der Waals surface area contributed by atoms with Gasteiger partial charge >= 0.3 is 0 Å². The second kappa shape index (κ2) is 3.74. The highest BCUT2D eigenvalue weighted by atomic mass is 35.5. The van der Waals surface area contributed by atoms with Gasteiger partial charge in [-0.3, -0.25) is 10.1 Å². The first-order valence-electron chi connectivity index (χ1n) is 3.14. The third kappa shape index (κ3) is 1.87. The Morgan fingerprint density at radius 2 is 2.17 bits per heavy atom. The van der Waals surface area contributed by atoms with Gasteiger partial charge in [0.15, 0.2) is 0 Å². The number of rotatable bonds is 2. The molecule has 0 aliphatic heterocycles. The maximum atomic E-state index is 10.4. The molecule has 0 N–H and O–H groups in total. The topological polar surface area (TPSA) is 43.1 Å². The van der Waals surface area contributed by atoms with Crippen LogP contribution in [0, 0.1) is 10.1 Å². The maximum Gasteiger partial charge on any atom is 0.288 e. The van der Waals surface area contributed by atoms with Crippen LogP contribution in [0.15, 0.2) is 18.2 Å². The Labute approximate surface area is 79.1 Å². The summed E-state index contributed by atoms with van der Waals surface area (Å²) in [6.07, 6.45) is 0. The van der Waals surface area contributed by atoms with Crippen molar-refractivity contribution in [1.29, 1.82) is 0 Å². The minimum absolute atomic E-state index is 0.102. The summed E-state index contributed by atoms with van der Waals surface area (Å²) < 4.78 is 0. The predicted molar refractivity (Wildman–Crippen MR) is 47.7 cm³/mol. The molecule has 0 spiro atoms. The first-order valence-corrected chi connectivity index (χ1v) is 4.05. The van der Waals surface area contributed by atoms with Crippen molar-refractivity contribution in [1.82, 2.24) is 0 Å². The van der Waals surface area contributed by atoms with Crippen LogP contribution in [-0.4, -0.2) is 4.92 Å². The lowest BCUT2D eigenvalue weighted by Gasteiger charge is -1.96. The third-order valence-corrected chi connectivity index (χ3v) is 1.99. The van der Waals surface area contributed by atoms with Crippen LogP contribution >= 0.6 is 23.2 Å². The molecule has 1 aromatic rings. The number of nitro groups is 1. The van der Waals surface area contributed by atoms with E-state index in [0.29, 0.717) is 5.56 Å². The Morgan fingerprint density at radius 1 is 1.50 bits per heavy atom. The van der Waals surface area contributed by atoms with E-state index in [1.165, 1.54) is 12.1 Å². The number of hydrogen-bond donors (Lipinski definition) is 0. The van der Waals surface area contributed by atoms with Crippen molar-refractivity contribution in [2.24, 2.45) is 0 Å². The highest BCUT2D eigenvalue weighted by Crippen LogP contribution is 2.25. The van der Waals surface area contributed by atoms with Gasteiger partial charge in [0, 0.05) is 11.9 Å². The average molecular weight is 206 g/mol. The summed E-state index contributed by atoms with van der Waals surface area (Å²) in [4.78, 5) is 9.84. The van der Waals surface area contributed by atoms with E-state index in [2.05, 4.69) is 0 Å². The van der Waals surface area contributed by atoms with Gasteiger partial charge in [0.1, 0.15) is 5.02 Å². The zero-order valence-corrected chi connectivity index (χ0v) is 7.47. The molecule has 0 bridgehead atoms. The molecule has 0 saturated carbocycles. The molecule has 0 unspecified atom stereocenters. The van der Waals surface area contributed by atoms with Gasteiger partial charge in [-0.2, -0.15) is 0 Å². The summed E-state index contributed by atoms with van der Waals surface area (Å²) in [5.74, 6) is 0.248. The first kappa shape index (κ1) is 9.29. The normalized spacial score (nSPS) is 9.83. The fourth-order valence-electron chi connectivity index (χ4n) is 0.781. The van der Waals surface area contributed by atoms with Crippen LogP contribution in [0.25, 0.3) is 0 Å². The molecular formula is C7H5Cl2NO2. The molecule has 0 aromatic heterocycles. The van der Waals surface area contributed by atoms with Gasteiger partial charge in [0.25, 0.3) is 5.69 Å². The Bertz CT molecular complexity index is 314. The van der Waals surface area contributed by atoms with Gasteiger partial charge in [0.05, 0.1) is 4.92 Å². The highest BCUT2D eigenvalue weighted by molar-refractivity contribution is 6.32. The molecule has 1 rings (SSSR count). The van der Waals surface area contributed by atoms with Crippen molar-refractivity contribution in [3.8, 4) is 0 Å². The minimum atomic E-state index is -0.529. The smallest absolute Gasteiger partial charge is 0.258 e. The standard InChI is InChI=1S/C7H5Cl2NO2/c8-4-5-1-2-6(9)7(3-5)10(11)12/h1-3H,4H2. The number of halogens is 2. The van der Waals surface area contributed by atoms with Gasteiger partial charge < -0.3 is 0 Å². The van der Waals surface area contributed by atoms with Crippen molar-refractivity contribution < 1.29 is 4.92 Å². The van der Waals surface area contributed by atoms with Crippen LogP contribution in [0.4, 0.5) is 5.69 Å². The van der Waals surface area contributed by atoms with E-state index in [1.807, 2.05) is 0 Å². The van der Waals surface area contributed by atoms with Crippen molar-refractivity contribution >= 4 is 28.9 Å². The number of benzene rings is 1. The number of hydrogen-bond acceptors (Lipinski definition) is 2. The number of nitro benzene ring substituents is 1. The van der Waals surface area contributed by atoms with E-state index in [-0.39, 0.29) is 16.6 Å². The maximum absolute atomic E-state index is 10.4. The quantitative estimate of drug-likeness (QED) is 0.424. The summed E-state index contributed by atoms with van der Waals surface area (Å²) in [6, 6.07) is 4.50. The van der Waals surface area contributed by atoms with Gasteiger partial charge in [-0.1, -0.05) is 17.7 Å². The lowest BCUT2D eigenvalue weighted by molar-refractivity contribution is -0.384. The molecule has 0 radical (unpaired) electrons. The van der Waals surface area contributed by atoms with Gasteiger partial charge in [-0.15, -0.1) is 11.6 Å². The molecular weight excluding hydrogens is 201 g/mol. The fourth-order valence-corrected chi connectivity index (χ4v) is 1.13. The summed E-state index contributed by atoms with van der Waals surface area (Å²) >= 11 is 11.1. The average Bonchev–Trinajstić information content (AvgIpc) is 2.05. The molecule has 0 saturated heterocycles. The van der Waals surface area contributed by atoms with Crippen LogP contribution in [0.1, 0.15) is 5.56 Å². The van der Waals surface area contributed by atoms with Gasteiger partial charge in [0.2, 0.25) is 0 Å². The second-order valence-electron chi connectivity index (χ2n) is 2.18. The van der Waals surface area contributed by atoms with Crippen LogP contribution < -0.4 is 0 Å². The molecule has 0 aliphatic carbocycles. The van der Waals surface area contributed by atoms with E-state index in [1.54, 1.807) is 6.07 Å². The lowest BCUT2D eigenvalue weighted by Crippen LogP contribution is -1.90. The summed E-state index contributed by atoms with van der Waals surface area (Å²) in [5, 5.41) is 10.5. The monoisotopic (exact) mass is 205 g/mol. The Kier molecular flexibility index (Phi) is 2.89. The van der Waals surface area contributed by atoms with Crippen molar-refractivity contribution in [3.63, 3.8) is 0 Å². The van der Waals surface area contributed by atoms with Crippen LogP contribution in [0.3, 0.4) is 0 Å². The van der Waals surface area contributed by atoms with E-state index < -0.39 is 4.92 Å². The number of nitrogens with zero attached hydrogens (tertiary/aromatic N) is 1. The Hall–Kier alpha value is -0.800. The van der Waals surface area contributed by atoms with Crippen molar-refractivity contribution in [2.75, 3.05) is 0 Å². The first-order chi connectivity index (χ1) is 5.65. The Balaban J connectivity index is 3.17. The molecule has 12 heavy (non-hydrogen) atoms. The van der Waals surface area contributed by atoms with Gasteiger partial charge in [-0.05, 0) is 11.6 Å². The fraction of sp³-hybridized carbons (Fsp3) is 0.143. The van der Waals surface area contributed by atoms with E-state index in [0.717, 1.165) is 0 Å². The lowest BCUT2D eigenvalue weighted by atomic mass is 10.2. The van der Waals surface area contributed by atoms with E-state index in [9.17, 15) is 10.1 Å². The second-order valence-corrected chi connectivity index (χ2v) is 2.85. The van der Waals surface area contributed by atoms with Crippen molar-refractivity contribution in [3.05, 3.63) is 38.9 Å². The molecule has 64 valence electrons. The predicted octanol–water partition coefficient (Wildman–Crippen LogP) is 2.99. The molecule has 3 nitrogen and oxygen atoms in total. The minimum Gasteiger partial charge on any atom is -0.258 e. The summed E-state index contributed by atoms with van der Waals surface area (Å²) in [5.41, 5.74) is 0.586. The zero-order valence-electron chi connectivity index (χ0n) is 5.96. The van der Waals surface area contributed by atoms with E-state index in [4.69, 9.17) is 23.2 Å². The Morgan fingerprint density at radius 3 is 2.67 bits per heavy atom. The molecule has 0 heterocycles. The molecule has 0 fully saturated rings. The van der Waals surface area contributed by atoms with Gasteiger partial charge in [-0.25, -0.2) is 0 Å². The summed E-state index contributed by atoms with van der Waals surface area (Å²) in [7, 11) is 0. The molecule has 0 amide bonds. The number of alkyl halides is 1. The SMILES string of the molecule is O=[N+]([O-])c1cc(CCl)ccc1Cl. The van der Waals surface area contributed by atoms with Crippen LogP contribution in [-0.2, 0) is 5.88 Å². The molecule has 0 aliphatic rings. The van der Waals surface area contributed by atoms with Crippen molar-refractivity contribution in [2.45, 2.75) is 5.88 Å². The third-order valence-electron chi connectivity index (χ3n) is 1.36. The molecule has 1 aromatic carbocycles. The zero-order chi connectivity index (χ0) is 9.14. The largest absolute Gasteiger partial charge is 0.288 e. The molecule has 5 heteroatoms.